The van der Waals surface area contributed by atoms with Crippen LogP contribution in [0.3, 0.4) is 0 Å². The maximum atomic E-state index is 5.72. The summed E-state index contributed by atoms with van der Waals surface area (Å²) in [6.07, 6.45) is 2.27. The van der Waals surface area contributed by atoms with Gasteiger partial charge in [-0.05, 0) is 36.1 Å². The average Bonchev–Trinajstić information content (AvgIpc) is 2.61. The maximum Gasteiger partial charge on any atom is 0.166 e. The quantitative estimate of drug-likeness (QED) is 0.710. The number of hydrogen-bond donors (Lipinski definition) is 0. The molecule has 1 heterocycles. The van der Waals surface area contributed by atoms with Crippen molar-refractivity contribution in [3.8, 4) is 0 Å². The molecule has 0 saturated carbocycles. The largest absolute Gasteiger partial charge is 0.226 e. The van der Waals surface area contributed by atoms with Gasteiger partial charge in [0.05, 0.1) is 11.9 Å². The number of tetrazole rings is 1. The lowest BCUT2D eigenvalue weighted by Crippen LogP contribution is -2.11. The van der Waals surface area contributed by atoms with E-state index in [4.69, 9.17) is 11.6 Å². The lowest BCUT2D eigenvalue weighted by molar-refractivity contribution is 0.396. The Morgan fingerprint density at radius 2 is 2.00 bits per heavy atom. The molecule has 1 aromatic heterocycles. The van der Waals surface area contributed by atoms with Crippen LogP contribution in [-0.4, -0.2) is 20.2 Å². The van der Waals surface area contributed by atoms with Gasteiger partial charge in [0.2, 0.25) is 0 Å². The lowest BCUT2D eigenvalue weighted by atomic mass is 10.0. The number of rotatable bonds is 5. The fourth-order valence-electron chi connectivity index (χ4n) is 1.34. The zero-order valence-electron chi connectivity index (χ0n) is 8.94. The van der Waals surface area contributed by atoms with Crippen LogP contribution < -0.4 is 0 Å². The minimum atomic E-state index is 0.334. The van der Waals surface area contributed by atoms with E-state index < -0.39 is 0 Å². The van der Waals surface area contributed by atoms with Crippen LogP contribution in [0.4, 0.5) is 0 Å². The van der Waals surface area contributed by atoms with Crippen molar-refractivity contribution in [2.75, 3.05) is 0 Å². The van der Waals surface area contributed by atoms with Crippen LogP contribution in [-0.2, 0) is 5.88 Å². The molecule has 1 unspecified atom stereocenters. The van der Waals surface area contributed by atoms with E-state index in [1.165, 1.54) is 6.42 Å². The Bertz CT molecular complexity index is 272. The number of nitrogens with zero attached hydrogens (tertiary/aromatic N) is 4. The van der Waals surface area contributed by atoms with Crippen LogP contribution in [0.2, 0.25) is 0 Å². The summed E-state index contributed by atoms with van der Waals surface area (Å²) in [5.41, 5.74) is 0. The topological polar surface area (TPSA) is 43.6 Å². The summed E-state index contributed by atoms with van der Waals surface area (Å²) in [5.74, 6) is 1.84. The fraction of sp³-hybridized carbons (Fsp3) is 0.889. The third kappa shape index (κ3) is 2.94. The van der Waals surface area contributed by atoms with E-state index in [9.17, 15) is 0 Å². The van der Waals surface area contributed by atoms with Crippen LogP contribution in [0.1, 0.15) is 45.5 Å². The molecule has 0 aliphatic rings. The normalized spacial score (nSPS) is 13.5. The molecule has 80 valence electrons. The van der Waals surface area contributed by atoms with E-state index in [-0.39, 0.29) is 0 Å². The predicted molar refractivity (Wildman–Crippen MR) is 56.2 cm³/mol. The van der Waals surface area contributed by atoms with Gasteiger partial charge in [0.25, 0.3) is 0 Å². The van der Waals surface area contributed by atoms with Gasteiger partial charge in [0, 0.05) is 0 Å². The van der Waals surface area contributed by atoms with Crippen LogP contribution in [0.15, 0.2) is 0 Å². The molecule has 1 rings (SSSR count). The van der Waals surface area contributed by atoms with Crippen molar-refractivity contribution in [3.63, 3.8) is 0 Å². The monoisotopic (exact) mass is 216 g/mol. The van der Waals surface area contributed by atoms with Crippen molar-refractivity contribution in [2.45, 2.75) is 45.5 Å². The van der Waals surface area contributed by atoms with E-state index in [0.29, 0.717) is 17.8 Å². The molecule has 0 bridgehead atoms. The van der Waals surface area contributed by atoms with Crippen molar-refractivity contribution < 1.29 is 0 Å². The van der Waals surface area contributed by atoms with Gasteiger partial charge in [0.15, 0.2) is 5.82 Å². The van der Waals surface area contributed by atoms with Gasteiger partial charge in [0.1, 0.15) is 0 Å². The second-order valence-electron chi connectivity index (χ2n) is 3.99. The third-order valence-electron chi connectivity index (χ3n) is 2.26. The van der Waals surface area contributed by atoms with Gasteiger partial charge < -0.3 is 0 Å². The molecule has 14 heavy (non-hydrogen) atoms. The maximum absolute atomic E-state index is 5.72. The minimum Gasteiger partial charge on any atom is -0.226 e. The molecular weight excluding hydrogens is 200 g/mol. The third-order valence-corrected chi connectivity index (χ3v) is 2.50. The lowest BCUT2D eigenvalue weighted by Gasteiger charge is -2.13. The molecule has 0 radical (unpaired) electrons. The smallest absolute Gasteiger partial charge is 0.166 e. The summed E-state index contributed by atoms with van der Waals surface area (Å²) in [6, 6.07) is 0.334. The summed E-state index contributed by atoms with van der Waals surface area (Å²) in [6.45, 7) is 6.55. The van der Waals surface area contributed by atoms with Crippen molar-refractivity contribution in [3.05, 3.63) is 5.82 Å². The highest BCUT2D eigenvalue weighted by molar-refractivity contribution is 6.16. The van der Waals surface area contributed by atoms with Crippen molar-refractivity contribution >= 4 is 11.6 Å². The first-order chi connectivity index (χ1) is 6.65. The first kappa shape index (κ1) is 11.4. The first-order valence-corrected chi connectivity index (χ1v) is 5.51. The van der Waals surface area contributed by atoms with E-state index in [1.807, 2.05) is 4.68 Å². The Hall–Kier alpha value is -0.640. The summed E-state index contributed by atoms with van der Waals surface area (Å²) in [5, 5.41) is 11.4. The highest BCUT2D eigenvalue weighted by atomic mass is 35.5. The van der Waals surface area contributed by atoms with Crippen molar-refractivity contribution in [1.29, 1.82) is 0 Å². The molecule has 0 aliphatic heterocycles. The van der Waals surface area contributed by atoms with E-state index in [0.717, 1.165) is 12.2 Å². The van der Waals surface area contributed by atoms with Gasteiger partial charge in [-0.2, -0.15) is 0 Å². The van der Waals surface area contributed by atoms with Crippen molar-refractivity contribution in [2.24, 2.45) is 5.92 Å². The Morgan fingerprint density at radius 1 is 1.29 bits per heavy atom. The number of alkyl halides is 1. The SMILES string of the molecule is CC(C)CCC(C)n1nnnc1CCl. The van der Waals surface area contributed by atoms with Gasteiger partial charge in [-0.3, -0.25) is 0 Å². The molecule has 0 aromatic carbocycles. The molecule has 5 heteroatoms. The molecule has 4 nitrogen and oxygen atoms in total. The van der Waals surface area contributed by atoms with Gasteiger partial charge >= 0.3 is 0 Å². The van der Waals surface area contributed by atoms with Gasteiger partial charge in [-0.1, -0.05) is 13.8 Å². The summed E-state index contributed by atoms with van der Waals surface area (Å²) >= 11 is 5.72. The van der Waals surface area contributed by atoms with E-state index in [1.54, 1.807) is 0 Å². The summed E-state index contributed by atoms with van der Waals surface area (Å²) in [7, 11) is 0. The highest BCUT2D eigenvalue weighted by Gasteiger charge is 2.12. The molecule has 0 saturated heterocycles. The van der Waals surface area contributed by atoms with Gasteiger partial charge in [-0.25, -0.2) is 4.68 Å². The standard InChI is InChI=1S/C9H17ClN4/c1-7(2)4-5-8(3)14-9(6-10)11-12-13-14/h7-8H,4-6H2,1-3H3. The Morgan fingerprint density at radius 3 is 2.57 bits per heavy atom. The molecule has 0 N–H and O–H groups in total. The first-order valence-electron chi connectivity index (χ1n) is 4.97. The van der Waals surface area contributed by atoms with E-state index >= 15 is 0 Å². The Balaban J connectivity index is 2.55. The Kier molecular flexibility index (Phi) is 4.32. The molecule has 1 aromatic rings. The molecule has 0 spiro atoms. The van der Waals surface area contributed by atoms with Crippen LogP contribution >= 0.6 is 11.6 Å². The zero-order valence-corrected chi connectivity index (χ0v) is 9.70. The van der Waals surface area contributed by atoms with Crippen LogP contribution in [0.25, 0.3) is 0 Å². The highest BCUT2D eigenvalue weighted by Crippen LogP contribution is 2.17. The molecule has 1 atom stereocenters. The number of halogens is 1. The summed E-state index contributed by atoms with van der Waals surface area (Å²) in [4.78, 5) is 0. The fourth-order valence-corrected chi connectivity index (χ4v) is 1.52. The zero-order chi connectivity index (χ0) is 10.6. The molecule has 0 amide bonds. The molecule has 0 fully saturated rings. The second-order valence-corrected chi connectivity index (χ2v) is 4.26. The summed E-state index contributed by atoms with van der Waals surface area (Å²) < 4.78 is 1.81. The minimum absolute atomic E-state index is 0.334. The second kappa shape index (κ2) is 5.29. The molecular formula is C9H17ClN4. The molecule has 0 aliphatic carbocycles. The average molecular weight is 217 g/mol. The van der Waals surface area contributed by atoms with Crippen LogP contribution in [0.5, 0.6) is 0 Å². The van der Waals surface area contributed by atoms with Crippen LogP contribution in [0, 0.1) is 5.92 Å². The van der Waals surface area contributed by atoms with Crippen molar-refractivity contribution in [1.82, 2.24) is 20.2 Å². The Labute approximate surface area is 89.6 Å². The predicted octanol–water partition coefficient (Wildman–Crippen LogP) is 2.41. The number of hydrogen-bond acceptors (Lipinski definition) is 3. The van der Waals surface area contributed by atoms with Gasteiger partial charge in [-0.15, -0.1) is 16.7 Å². The number of aromatic nitrogens is 4. The van der Waals surface area contributed by atoms with E-state index in [2.05, 4.69) is 36.3 Å².